The quantitative estimate of drug-likeness (QED) is 0.804. The Kier molecular flexibility index (Phi) is 3.47. The molecule has 1 aromatic carbocycles. The van der Waals surface area contributed by atoms with E-state index in [4.69, 9.17) is 10.5 Å². The second-order valence-corrected chi connectivity index (χ2v) is 3.61. The average molecular weight is 197 g/mol. The van der Waals surface area contributed by atoms with Crippen LogP contribution in [0.1, 0.15) is 18.1 Å². The molecule has 0 radical (unpaired) electrons. The van der Waals surface area contributed by atoms with Gasteiger partial charge >= 0.3 is 0 Å². The Morgan fingerprint density at radius 1 is 1.50 bits per heavy atom. The molecule has 0 spiro atoms. The van der Waals surface area contributed by atoms with Gasteiger partial charge in [-0.05, 0) is 37.5 Å². The van der Waals surface area contributed by atoms with E-state index in [0.29, 0.717) is 11.3 Å². The third-order valence-corrected chi connectivity index (χ3v) is 2.06. The van der Waals surface area contributed by atoms with Crippen molar-refractivity contribution in [3.05, 3.63) is 29.1 Å². The lowest BCUT2D eigenvalue weighted by Gasteiger charge is -2.10. The number of aryl methyl sites for hydroxylation is 1. The van der Waals surface area contributed by atoms with Gasteiger partial charge in [0, 0.05) is 6.04 Å². The second-order valence-electron chi connectivity index (χ2n) is 3.61. The normalized spacial score (nSPS) is 12.6. The molecule has 0 aromatic heterocycles. The van der Waals surface area contributed by atoms with Crippen molar-refractivity contribution in [1.29, 1.82) is 0 Å². The molecule has 2 nitrogen and oxygen atoms in total. The number of hydrogen-bond acceptors (Lipinski definition) is 2. The molecular weight excluding hydrogens is 181 g/mol. The largest absolute Gasteiger partial charge is 0.494 e. The van der Waals surface area contributed by atoms with Crippen molar-refractivity contribution in [3.8, 4) is 5.75 Å². The summed E-state index contributed by atoms with van der Waals surface area (Å²) in [4.78, 5) is 0. The average Bonchev–Trinajstić information content (AvgIpc) is 2.10. The molecule has 0 amide bonds. The van der Waals surface area contributed by atoms with Crippen LogP contribution in [0, 0.1) is 12.7 Å². The molecule has 0 heterocycles. The summed E-state index contributed by atoms with van der Waals surface area (Å²) >= 11 is 0. The summed E-state index contributed by atoms with van der Waals surface area (Å²) in [5.41, 5.74) is 7.28. The molecule has 78 valence electrons. The summed E-state index contributed by atoms with van der Waals surface area (Å²) in [6, 6.07) is 3.58. The fourth-order valence-corrected chi connectivity index (χ4v) is 1.45. The van der Waals surface area contributed by atoms with Gasteiger partial charge in [0.2, 0.25) is 0 Å². The Morgan fingerprint density at radius 2 is 2.14 bits per heavy atom. The van der Waals surface area contributed by atoms with Crippen LogP contribution < -0.4 is 10.5 Å². The molecule has 0 aliphatic rings. The Hall–Kier alpha value is -1.09. The fourth-order valence-electron chi connectivity index (χ4n) is 1.45. The Bertz CT molecular complexity index is 323. The smallest absolute Gasteiger partial charge is 0.167 e. The highest BCUT2D eigenvalue weighted by atomic mass is 19.1. The van der Waals surface area contributed by atoms with Crippen LogP contribution in [0.3, 0.4) is 0 Å². The molecule has 1 atom stereocenters. The van der Waals surface area contributed by atoms with Gasteiger partial charge in [0.25, 0.3) is 0 Å². The highest BCUT2D eigenvalue weighted by Crippen LogP contribution is 2.22. The van der Waals surface area contributed by atoms with E-state index in [2.05, 4.69) is 0 Å². The van der Waals surface area contributed by atoms with Crippen molar-refractivity contribution < 1.29 is 9.13 Å². The maximum absolute atomic E-state index is 13.4. The van der Waals surface area contributed by atoms with Gasteiger partial charge in [0.05, 0.1) is 7.11 Å². The predicted molar refractivity (Wildman–Crippen MR) is 55.0 cm³/mol. The van der Waals surface area contributed by atoms with E-state index in [1.54, 1.807) is 19.1 Å². The molecule has 1 rings (SSSR count). The van der Waals surface area contributed by atoms with Gasteiger partial charge in [0.1, 0.15) is 0 Å². The van der Waals surface area contributed by atoms with Crippen LogP contribution in [0.5, 0.6) is 5.75 Å². The lowest BCUT2D eigenvalue weighted by molar-refractivity contribution is 0.384. The van der Waals surface area contributed by atoms with Crippen LogP contribution in [-0.4, -0.2) is 13.2 Å². The van der Waals surface area contributed by atoms with Crippen molar-refractivity contribution >= 4 is 0 Å². The van der Waals surface area contributed by atoms with Crippen LogP contribution >= 0.6 is 0 Å². The Morgan fingerprint density at radius 3 is 2.64 bits per heavy atom. The van der Waals surface area contributed by atoms with Crippen LogP contribution in [0.15, 0.2) is 12.1 Å². The highest BCUT2D eigenvalue weighted by Gasteiger charge is 2.08. The zero-order chi connectivity index (χ0) is 10.7. The minimum atomic E-state index is -0.291. The lowest BCUT2D eigenvalue weighted by Crippen LogP contribution is -2.17. The van der Waals surface area contributed by atoms with Gasteiger partial charge in [-0.25, -0.2) is 4.39 Å². The van der Waals surface area contributed by atoms with Crippen molar-refractivity contribution in [2.75, 3.05) is 7.11 Å². The van der Waals surface area contributed by atoms with Gasteiger partial charge in [0.15, 0.2) is 11.6 Å². The molecule has 1 unspecified atom stereocenters. The number of halogens is 1. The summed E-state index contributed by atoms with van der Waals surface area (Å²) in [5, 5.41) is 0. The summed E-state index contributed by atoms with van der Waals surface area (Å²) in [7, 11) is 1.47. The Balaban J connectivity index is 3.03. The van der Waals surface area contributed by atoms with E-state index in [1.807, 2.05) is 6.92 Å². The van der Waals surface area contributed by atoms with E-state index in [1.165, 1.54) is 7.11 Å². The molecule has 0 saturated heterocycles. The first-order valence-electron chi connectivity index (χ1n) is 4.63. The molecule has 0 fully saturated rings. The first-order valence-corrected chi connectivity index (χ1v) is 4.63. The molecule has 0 aliphatic heterocycles. The van der Waals surface area contributed by atoms with Gasteiger partial charge < -0.3 is 10.5 Å². The van der Waals surface area contributed by atoms with Gasteiger partial charge in [-0.2, -0.15) is 0 Å². The second kappa shape index (κ2) is 4.42. The maximum Gasteiger partial charge on any atom is 0.167 e. The maximum atomic E-state index is 13.4. The zero-order valence-electron chi connectivity index (χ0n) is 8.80. The van der Waals surface area contributed by atoms with Crippen LogP contribution in [0.2, 0.25) is 0 Å². The SMILES string of the molecule is COc1cc(CC(C)N)cc(C)c1F. The topological polar surface area (TPSA) is 35.2 Å². The van der Waals surface area contributed by atoms with Crippen LogP contribution in [0.4, 0.5) is 4.39 Å². The molecule has 3 heteroatoms. The highest BCUT2D eigenvalue weighted by molar-refractivity contribution is 5.36. The van der Waals surface area contributed by atoms with E-state index in [0.717, 1.165) is 12.0 Å². The molecule has 0 aliphatic carbocycles. The number of rotatable bonds is 3. The number of ether oxygens (including phenoxy) is 1. The summed E-state index contributed by atoms with van der Waals surface area (Å²) in [6.07, 6.45) is 0.734. The van der Waals surface area contributed by atoms with Crippen molar-refractivity contribution in [2.24, 2.45) is 5.73 Å². The van der Waals surface area contributed by atoms with Crippen molar-refractivity contribution in [1.82, 2.24) is 0 Å². The van der Waals surface area contributed by atoms with Crippen molar-refractivity contribution in [2.45, 2.75) is 26.3 Å². The monoisotopic (exact) mass is 197 g/mol. The molecule has 1 aromatic rings. The Labute approximate surface area is 83.9 Å². The molecular formula is C11H16FNO. The predicted octanol–water partition coefficient (Wildman–Crippen LogP) is 2.03. The van der Waals surface area contributed by atoms with Crippen LogP contribution in [0.25, 0.3) is 0 Å². The number of hydrogen-bond donors (Lipinski definition) is 1. The first-order chi connectivity index (χ1) is 6.54. The minimum absolute atomic E-state index is 0.0737. The molecule has 2 N–H and O–H groups in total. The van der Waals surface area contributed by atoms with Crippen LogP contribution in [-0.2, 0) is 6.42 Å². The van der Waals surface area contributed by atoms with E-state index in [-0.39, 0.29) is 11.9 Å². The zero-order valence-corrected chi connectivity index (χ0v) is 8.80. The fraction of sp³-hybridized carbons (Fsp3) is 0.455. The summed E-state index contributed by atoms with van der Waals surface area (Å²) in [5.74, 6) is 0.00146. The van der Waals surface area contributed by atoms with Crippen molar-refractivity contribution in [3.63, 3.8) is 0 Å². The third-order valence-electron chi connectivity index (χ3n) is 2.06. The lowest BCUT2D eigenvalue weighted by atomic mass is 10.0. The number of benzene rings is 1. The molecule has 14 heavy (non-hydrogen) atoms. The first kappa shape index (κ1) is 11.0. The van der Waals surface area contributed by atoms with E-state index in [9.17, 15) is 4.39 Å². The van der Waals surface area contributed by atoms with Gasteiger partial charge in [-0.3, -0.25) is 0 Å². The van der Waals surface area contributed by atoms with Gasteiger partial charge in [-0.1, -0.05) is 6.07 Å². The van der Waals surface area contributed by atoms with Gasteiger partial charge in [-0.15, -0.1) is 0 Å². The molecule has 0 bridgehead atoms. The molecule has 0 saturated carbocycles. The third kappa shape index (κ3) is 2.45. The summed E-state index contributed by atoms with van der Waals surface area (Å²) in [6.45, 7) is 3.65. The van der Waals surface area contributed by atoms with E-state index < -0.39 is 0 Å². The number of nitrogens with two attached hydrogens (primary N) is 1. The minimum Gasteiger partial charge on any atom is -0.494 e. The number of methoxy groups -OCH3 is 1. The standard InChI is InChI=1S/C11H16FNO/c1-7-4-9(5-8(2)13)6-10(14-3)11(7)12/h4,6,8H,5,13H2,1-3H3. The summed E-state index contributed by atoms with van der Waals surface area (Å²) < 4.78 is 18.3. The van der Waals surface area contributed by atoms with E-state index >= 15 is 0 Å².